The van der Waals surface area contributed by atoms with Crippen LogP contribution in [0, 0.1) is 0 Å². The molecule has 0 saturated carbocycles. The van der Waals surface area contributed by atoms with Crippen molar-refractivity contribution in [1.29, 1.82) is 0 Å². The van der Waals surface area contributed by atoms with E-state index in [0.29, 0.717) is 6.61 Å². The van der Waals surface area contributed by atoms with Gasteiger partial charge in [-0.05, 0) is 6.42 Å². The molecule has 1 amide bonds. The quantitative estimate of drug-likeness (QED) is 0.365. The average Bonchev–Trinajstić information content (AvgIpc) is 2.34. The Morgan fingerprint density at radius 3 is 2.33 bits per heavy atom. The van der Waals surface area contributed by atoms with Gasteiger partial charge >= 0.3 is 5.97 Å². The minimum atomic E-state index is -0.633. The van der Waals surface area contributed by atoms with Crippen molar-refractivity contribution in [3.05, 3.63) is 0 Å². The molecule has 0 aliphatic carbocycles. The molecule has 4 nitrogen and oxygen atoms in total. The number of hydrogen-bond acceptors (Lipinski definition) is 4. The van der Waals surface area contributed by atoms with Crippen molar-refractivity contribution in [1.82, 2.24) is 5.32 Å². The van der Waals surface area contributed by atoms with E-state index in [1.807, 2.05) is 0 Å². The molecule has 18 heavy (non-hydrogen) atoms. The lowest BCUT2D eigenvalue weighted by Gasteiger charge is -2.14. The van der Waals surface area contributed by atoms with Gasteiger partial charge in [0.15, 0.2) is 0 Å². The predicted octanol–water partition coefficient (Wildman–Crippen LogP) is 2.32. The first-order valence-electron chi connectivity index (χ1n) is 6.66. The topological polar surface area (TPSA) is 55.4 Å². The Morgan fingerprint density at radius 2 is 1.78 bits per heavy atom. The molecule has 0 aromatic rings. The molecule has 0 radical (unpaired) electrons. The van der Waals surface area contributed by atoms with Crippen molar-refractivity contribution >= 4 is 24.5 Å². The zero-order valence-corrected chi connectivity index (χ0v) is 12.3. The van der Waals surface area contributed by atoms with E-state index in [9.17, 15) is 9.59 Å². The fourth-order valence-electron chi connectivity index (χ4n) is 1.58. The molecule has 106 valence electrons. The second kappa shape index (κ2) is 11.4. The summed E-state index contributed by atoms with van der Waals surface area (Å²) >= 11 is 4.02. The van der Waals surface area contributed by atoms with E-state index in [1.165, 1.54) is 32.6 Å². The maximum absolute atomic E-state index is 11.6. The molecule has 1 N–H and O–H groups in total. The molecule has 0 aliphatic heterocycles. The van der Waals surface area contributed by atoms with Gasteiger partial charge in [0.25, 0.3) is 0 Å². The highest BCUT2D eigenvalue weighted by atomic mass is 32.1. The zero-order chi connectivity index (χ0) is 13.8. The lowest BCUT2D eigenvalue weighted by molar-refractivity contribution is -0.147. The van der Waals surface area contributed by atoms with Gasteiger partial charge in [0.1, 0.15) is 6.04 Å². The monoisotopic (exact) mass is 275 g/mol. The van der Waals surface area contributed by atoms with Crippen LogP contribution >= 0.6 is 12.6 Å². The van der Waals surface area contributed by atoms with Crippen molar-refractivity contribution in [2.24, 2.45) is 0 Å². The summed E-state index contributed by atoms with van der Waals surface area (Å²) in [5, 5.41) is 2.51. The number of ether oxygens (including phenoxy) is 1. The van der Waals surface area contributed by atoms with Gasteiger partial charge in [-0.3, -0.25) is 4.79 Å². The molecule has 1 atom stereocenters. The summed E-state index contributed by atoms with van der Waals surface area (Å²) in [7, 11) is 0. The molecule has 0 aromatic carbocycles. The van der Waals surface area contributed by atoms with E-state index in [-0.39, 0.29) is 11.7 Å². The zero-order valence-electron chi connectivity index (χ0n) is 11.4. The first-order chi connectivity index (χ1) is 8.61. The van der Waals surface area contributed by atoms with E-state index in [0.717, 1.165) is 12.8 Å². The number of rotatable bonds is 10. The Balaban J connectivity index is 3.59. The van der Waals surface area contributed by atoms with Gasteiger partial charge in [-0.25, -0.2) is 4.79 Å². The molecule has 0 heterocycles. The van der Waals surface area contributed by atoms with Crippen LogP contribution in [0.4, 0.5) is 0 Å². The lowest BCUT2D eigenvalue weighted by Crippen LogP contribution is -2.42. The van der Waals surface area contributed by atoms with Gasteiger partial charge in [-0.15, -0.1) is 0 Å². The first-order valence-corrected chi connectivity index (χ1v) is 7.29. The van der Waals surface area contributed by atoms with Crippen LogP contribution in [0.3, 0.4) is 0 Å². The van der Waals surface area contributed by atoms with Crippen molar-refractivity contribution in [3.8, 4) is 0 Å². The van der Waals surface area contributed by atoms with Gasteiger partial charge in [-0.1, -0.05) is 39.0 Å². The molecule has 1 unspecified atom stereocenters. The Labute approximate surface area is 115 Å². The number of hydrogen-bond donors (Lipinski definition) is 2. The molecule has 0 spiro atoms. The molecule has 0 aliphatic rings. The molecular formula is C13H25NO3S. The predicted molar refractivity (Wildman–Crippen MR) is 75.8 cm³/mol. The number of unbranched alkanes of at least 4 members (excludes halogenated alkanes) is 5. The summed E-state index contributed by atoms with van der Waals surface area (Å²) in [5.74, 6) is -0.381. The van der Waals surface area contributed by atoms with Gasteiger partial charge < -0.3 is 10.1 Å². The number of amides is 1. The molecule has 0 saturated heterocycles. The van der Waals surface area contributed by atoms with E-state index in [4.69, 9.17) is 4.74 Å². The number of esters is 1. The molecule has 0 rings (SSSR count). The van der Waals surface area contributed by atoms with Gasteiger partial charge in [0, 0.05) is 12.7 Å². The van der Waals surface area contributed by atoms with E-state index < -0.39 is 12.0 Å². The minimum absolute atomic E-state index is 0.245. The maximum Gasteiger partial charge on any atom is 0.329 e. The smallest absolute Gasteiger partial charge is 0.329 e. The standard InChI is InChI=1S/C13H25NO3S/c1-3-4-5-6-7-8-9-17-13(16)12(10-18)14-11(2)15/h12,18H,3-10H2,1-2H3,(H,14,15). The van der Waals surface area contributed by atoms with Crippen LogP contribution in [-0.2, 0) is 14.3 Å². The Morgan fingerprint density at radius 1 is 1.17 bits per heavy atom. The van der Waals surface area contributed by atoms with Crippen molar-refractivity contribution in [3.63, 3.8) is 0 Å². The minimum Gasteiger partial charge on any atom is -0.464 e. The summed E-state index contributed by atoms with van der Waals surface area (Å²) < 4.78 is 5.10. The average molecular weight is 275 g/mol. The summed E-state index contributed by atoms with van der Waals surface area (Å²) in [6.45, 7) is 3.98. The summed E-state index contributed by atoms with van der Waals surface area (Å²) in [6.07, 6.45) is 6.90. The van der Waals surface area contributed by atoms with Crippen LogP contribution in [0.5, 0.6) is 0 Å². The summed E-state index contributed by atoms with van der Waals surface area (Å²) in [6, 6.07) is -0.633. The van der Waals surface area contributed by atoms with E-state index >= 15 is 0 Å². The fraction of sp³-hybridized carbons (Fsp3) is 0.846. The van der Waals surface area contributed by atoms with E-state index in [1.54, 1.807) is 0 Å². The van der Waals surface area contributed by atoms with Gasteiger partial charge in [-0.2, -0.15) is 12.6 Å². The second-order valence-electron chi connectivity index (χ2n) is 4.37. The van der Waals surface area contributed by atoms with Crippen LogP contribution in [0.2, 0.25) is 0 Å². The van der Waals surface area contributed by atoms with Crippen LogP contribution in [0.15, 0.2) is 0 Å². The van der Waals surface area contributed by atoms with Crippen molar-refractivity contribution in [2.45, 2.75) is 58.4 Å². The normalized spacial score (nSPS) is 11.9. The summed E-state index contributed by atoms with van der Waals surface area (Å²) in [4.78, 5) is 22.4. The van der Waals surface area contributed by atoms with Crippen molar-refractivity contribution < 1.29 is 14.3 Å². The Bertz CT molecular complexity index is 246. The second-order valence-corrected chi connectivity index (χ2v) is 4.74. The molecule has 0 fully saturated rings. The first kappa shape index (κ1) is 17.3. The number of nitrogens with one attached hydrogen (secondary N) is 1. The summed E-state index contributed by atoms with van der Waals surface area (Å²) in [5.41, 5.74) is 0. The van der Waals surface area contributed by atoms with Crippen LogP contribution < -0.4 is 5.32 Å². The van der Waals surface area contributed by atoms with Crippen molar-refractivity contribution in [2.75, 3.05) is 12.4 Å². The largest absolute Gasteiger partial charge is 0.464 e. The molecule has 5 heteroatoms. The number of carbonyl (C=O) groups is 2. The molecule has 0 bridgehead atoms. The van der Waals surface area contributed by atoms with Gasteiger partial charge in [0.2, 0.25) is 5.91 Å². The number of carbonyl (C=O) groups excluding carboxylic acids is 2. The van der Waals surface area contributed by atoms with Gasteiger partial charge in [0.05, 0.1) is 6.61 Å². The number of thiol groups is 1. The third-order valence-corrected chi connectivity index (χ3v) is 2.95. The van der Waals surface area contributed by atoms with Crippen LogP contribution in [0.25, 0.3) is 0 Å². The molecular weight excluding hydrogens is 250 g/mol. The SMILES string of the molecule is CCCCCCCCOC(=O)C(CS)NC(C)=O. The fourth-order valence-corrected chi connectivity index (χ4v) is 1.82. The van der Waals surface area contributed by atoms with E-state index in [2.05, 4.69) is 24.9 Å². The maximum atomic E-state index is 11.6. The third-order valence-electron chi connectivity index (χ3n) is 2.59. The third kappa shape index (κ3) is 9.33. The lowest BCUT2D eigenvalue weighted by atomic mass is 10.1. The highest BCUT2D eigenvalue weighted by molar-refractivity contribution is 7.80. The Hall–Kier alpha value is -0.710. The Kier molecular flexibility index (Phi) is 10.9. The highest BCUT2D eigenvalue weighted by Gasteiger charge is 2.18. The van der Waals surface area contributed by atoms with Crippen LogP contribution in [0.1, 0.15) is 52.4 Å². The highest BCUT2D eigenvalue weighted by Crippen LogP contribution is 2.05. The van der Waals surface area contributed by atoms with Crippen LogP contribution in [-0.4, -0.2) is 30.3 Å². The molecule has 0 aromatic heterocycles.